The topological polar surface area (TPSA) is 76.6 Å². The number of rotatable bonds is 5. The molecule has 144 valence electrons. The van der Waals surface area contributed by atoms with Crippen molar-refractivity contribution in [1.29, 1.82) is 0 Å². The minimum Gasteiger partial charge on any atom is -0.484 e. The van der Waals surface area contributed by atoms with Gasteiger partial charge in [0.1, 0.15) is 11.5 Å². The summed E-state index contributed by atoms with van der Waals surface area (Å²) in [6.07, 6.45) is 1.55. The van der Waals surface area contributed by atoms with Crippen LogP contribution in [-0.2, 0) is 4.79 Å². The summed E-state index contributed by atoms with van der Waals surface area (Å²) in [6.45, 7) is 3.10. The van der Waals surface area contributed by atoms with Crippen LogP contribution in [0.25, 0.3) is 11.0 Å². The highest BCUT2D eigenvalue weighted by Crippen LogP contribution is 2.24. The van der Waals surface area contributed by atoms with E-state index in [1.165, 1.54) is 0 Å². The number of piperazine rings is 1. The highest BCUT2D eigenvalue weighted by Gasteiger charge is 2.16. The first-order valence-corrected chi connectivity index (χ1v) is 9.37. The smallest absolute Gasteiger partial charge is 0.260 e. The van der Waals surface area contributed by atoms with Crippen molar-refractivity contribution in [3.05, 3.63) is 53.7 Å². The summed E-state index contributed by atoms with van der Waals surface area (Å²) >= 11 is 5.95. The molecule has 2 heterocycles. The fourth-order valence-corrected chi connectivity index (χ4v) is 3.06. The number of nitrogens with zero attached hydrogens (tertiary/aromatic N) is 3. The van der Waals surface area contributed by atoms with Crippen molar-refractivity contribution in [3.8, 4) is 17.4 Å². The zero-order valence-corrected chi connectivity index (χ0v) is 15.9. The van der Waals surface area contributed by atoms with Crippen LogP contribution < -0.4 is 14.8 Å². The molecule has 0 radical (unpaired) electrons. The minimum absolute atomic E-state index is 0.00614. The number of aromatic nitrogens is 2. The van der Waals surface area contributed by atoms with Gasteiger partial charge < -0.3 is 19.7 Å². The fraction of sp³-hybridized carbons (Fsp3) is 0.250. The van der Waals surface area contributed by atoms with E-state index in [9.17, 15) is 4.79 Å². The van der Waals surface area contributed by atoms with Crippen molar-refractivity contribution in [1.82, 2.24) is 20.2 Å². The van der Waals surface area contributed by atoms with Gasteiger partial charge in [0.2, 0.25) is 5.88 Å². The van der Waals surface area contributed by atoms with Gasteiger partial charge in [-0.2, -0.15) is 0 Å². The Morgan fingerprint density at radius 1 is 1.07 bits per heavy atom. The van der Waals surface area contributed by atoms with E-state index in [0.29, 0.717) is 46.5 Å². The highest BCUT2D eigenvalue weighted by atomic mass is 35.5. The maximum absolute atomic E-state index is 12.1. The average molecular weight is 399 g/mol. The van der Waals surface area contributed by atoms with Crippen molar-refractivity contribution in [2.45, 2.75) is 0 Å². The number of carbonyl (C=O) groups excluding carboxylic acids is 1. The number of fused-ring (bicyclic) bond motifs is 1. The highest BCUT2D eigenvalue weighted by molar-refractivity contribution is 6.31. The third-order valence-corrected chi connectivity index (χ3v) is 4.60. The van der Waals surface area contributed by atoms with Crippen LogP contribution in [0, 0.1) is 0 Å². The van der Waals surface area contributed by atoms with Gasteiger partial charge in [-0.15, -0.1) is 0 Å². The van der Waals surface area contributed by atoms with Crippen molar-refractivity contribution in [2.24, 2.45) is 0 Å². The maximum Gasteiger partial charge on any atom is 0.260 e. The lowest BCUT2D eigenvalue weighted by Gasteiger charge is -2.27. The molecule has 0 saturated carbocycles. The number of amides is 1. The molecule has 1 fully saturated rings. The van der Waals surface area contributed by atoms with Crippen molar-refractivity contribution in [3.63, 3.8) is 0 Å². The standard InChI is InChI=1S/C20H19ClN4O3/c21-14-1-6-17-18(11-14)23-12-19(24-17)28-16-4-2-15(3-5-16)27-13-20(26)25-9-7-22-8-10-25/h1-6,11-12,22H,7-10,13H2. The lowest BCUT2D eigenvalue weighted by atomic mass is 10.3. The second-order valence-corrected chi connectivity index (χ2v) is 6.77. The Labute approximate surface area is 167 Å². The van der Waals surface area contributed by atoms with Gasteiger partial charge in [-0.3, -0.25) is 4.79 Å². The minimum atomic E-state index is -0.00614. The van der Waals surface area contributed by atoms with E-state index in [4.69, 9.17) is 21.1 Å². The van der Waals surface area contributed by atoms with Crippen molar-refractivity contribution in [2.75, 3.05) is 32.8 Å². The molecule has 4 rings (SSSR count). The number of hydrogen-bond acceptors (Lipinski definition) is 6. The molecule has 1 aliphatic rings. The van der Waals surface area contributed by atoms with Crippen molar-refractivity contribution < 1.29 is 14.3 Å². The van der Waals surface area contributed by atoms with E-state index in [-0.39, 0.29) is 12.5 Å². The zero-order chi connectivity index (χ0) is 19.3. The Kier molecular flexibility index (Phi) is 5.55. The largest absolute Gasteiger partial charge is 0.484 e. The fourth-order valence-electron chi connectivity index (χ4n) is 2.89. The van der Waals surface area contributed by atoms with Gasteiger partial charge in [0.25, 0.3) is 5.91 Å². The normalized spacial score (nSPS) is 14.1. The molecule has 0 unspecified atom stereocenters. The second kappa shape index (κ2) is 8.41. The van der Waals surface area contributed by atoms with Crippen LogP contribution in [0.3, 0.4) is 0 Å². The number of ether oxygens (including phenoxy) is 2. The first-order valence-electron chi connectivity index (χ1n) is 8.99. The molecular weight excluding hydrogens is 380 g/mol. The molecule has 7 nitrogen and oxygen atoms in total. The van der Waals surface area contributed by atoms with Crippen LogP contribution in [0.1, 0.15) is 0 Å². The number of carbonyl (C=O) groups is 1. The van der Waals surface area contributed by atoms with Gasteiger partial charge in [0.05, 0.1) is 17.2 Å². The number of hydrogen-bond donors (Lipinski definition) is 1. The van der Waals surface area contributed by atoms with Gasteiger partial charge in [-0.25, -0.2) is 9.97 Å². The quantitative estimate of drug-likeness (QED) is 0.712. The molecule has 1 saturated heterocycles. The first kappa shape index (κ1) is 18.5. The van der Waals surface area contributed by atoms with Crippen LogP contribution >= 0.6 is 11.6 Å². The number of benzene rings is 2. The lowest BCUT2D eigenvalue weighted by molar-refractivity contribution is -0.133. The molecule has 0 aliphatic carbocycles. The molecule has 0 atom stereocenters. The predicted molar refractivity (Wildman–Crippen MR) is 106 cm³/mol. The Hall–Kier alpha value is -2.90. The second-order valence-electron chi connectivity index (χ2n) is 6.33. The van der Waals surface area contributed by atoms with E-state index in [0.717, 1.165) is 13.1 Å². The van der Waals surface area contributed by atoms with Crippen LogP contribution in [0.4, 0.5) is 0 Å². The molecule has 0 bridgehead atoms. The van der Waals surface area contributed by atoms with Crippen LogP contribution in [-0.4, -0.2) is 53.6 Å². The van der Waals surface area contributed by atoms with E-state index >= 15 is 0 Å². The third-order valence-electron chi connectivity index (χ3n) is 4.36. The Morgan fingerprint density at radius 3 is 2.61 bits per heavy atom. The van der Waals surface area contributed by atoms with Gasteiger partial charge >= 0.3 is 0 Å². The molecule has 3 aromatic rings. The Balaban J connectivity index is 1.35. The molecule has 1 aromatic heterocycles. The maximum atomic E-state index is 12.1. The van der Waals surface area contributed by atoms with E-state index in [1.54, 1.807) is 53.6 Å². The van der Waals surface area contributed by atoms with Gasteiger partial charge in [0, 0.05) is 31.2 Å². The monoisotopic (exact) mass is 398 g/mol. The van der Waals surface area contributed by atoms with Crippen LogP contribution in [0.2, 0.25) is 5.02 Å². The van der Waals surface area contributed by atoms with E-state index in [1.807, 2.05) is 0 Å². The summed E-state index contributed by atoms with van der Waals surface area (Å²) < 4.78 is 11.3. The number of halogens is 1. The number of nitrogens with one attached hydrogen (secondary N) is 1. The predicted octanol–water partition coefficient (Wildman–Crippen LogP) is 2.89. The summed E-state index contributed by atoms with van der Waals surface area (Å²) in [5, 5.41) is 3.83. The van der Waals surface area contributed by atoms with E-state index in [2.05, 4.69) is 15.3 Å². The Bertz CT molecular complexity index is 975. The molecule has 0 spiro atoms. The third kappa shape index (κ3) is 4.49. The molecule has 1 N–H and O–H groups in total. The van der Waals surface area contributed by atoms with Crippen molar-refractivity contribution >= 4 is 28.5 Å². The average Bonchev–Trinajstić information content (AvgIpc) is 2.74. The van der Waals surface area contributed by atoms with Crippen LogP contribution in [0.5, 0.6) is 17.4 Å². The summed E-state index contributed by atoms with van der Waals surface area (Å²) in [5.41, 5.74) is 1.41. The summed E-state index contributed by atoms with van der Waals surface area (Å²) in [6, 6.07) is 12.3. The van der Waals surface area contributed by atoms with Gasteiger partial charge in [-0.05, 0) is 42.5 Å². The first-order chi connectivity index (χ1) is 13.7. The summed E-state index contributed by atoms with van der Waals surface area (Å²) in [4.78, 5) is 22.7. The molecule has 28 heavy (non-hydrogen) atoms. The zero-order valence-electron chi connectivity index (χ0n) is 15.1. The van der Waals surface area contributed by atoms with Crippen LogP contribution in [0.15, 0.2) is 48.7 Å². The van der Waals surface area contributed by atoms with Gasteiger partial charge in [0.15, 0.2) is 6.61 Å². The van der Waals surface area contributed by atoms with Gasteiger partial charge in [-0.1, -0.05) is 11.6 Å². The molecule has 2 aromatic carbocycles. The SMILES string of the molecule is O=C(COc1ccc(Oc2cnc3cc(Cl)ccc3n2)cc1)N1CCNCC1. The summed E-state index contributed by atoms with van der Waals surface area (Å²) in [7, 11) is 0. The summed E-state index contributed by atoms with van der Waals surface area (Å²) in [5.74, 6) is 1.59. The lowest BCUT2D eigenvalue weighted by Crippen LogP contribution is -2.47. The molecule has 1 aliphatic heterocycles. The molecule has 8 heteroatoms. The molecule has 1 amide bonds. The molecular formula is C20H19ClN4O3. The Morgan fingerprint density at radius 2 is 1.82 bits per heavy atom. The van der Waals surface area contributed by atoms with E-state index < -0.39 is 0 Å².